The molecule has 4 heteroatoms. The van der Waals surface area contributed by atoms with E-state index in [9.17, 15) is 4.79 Å². The lowest BCUT2D eigenvalue weighted by atomic mass is 10.00. The van der Waals surface area contributed by atoms with Gasteiger partial charge in [0.1, 0.15) is 6.29 Å². The monoisotopic (exact) mass is 357 g/mol. The van der Waals surface area contributed by atoms with Gasteiger partial charge in [0.15, 0.2) is 0 Å². The van der Waals surface area contributed by atoms with Crippen molar-refractivity contribution < 1.29 is 4.79 Å². The van der Waals surface area contributed by atoms with Gasteiger partial charge >= 0.3 is 0 Å². The molecule has 0 saturated carbocycles. The van der Waals surface area contributed by atoms with E-state index < -0.39 is 0 Å². The van der Waals surface area contributed by atoms with Crippen molar-refractivity contribution in [3.8, 4) is 11.1 Å². The van der Waals surface area contributed by atoms with E-state index in [4.69, 9.17) is 0 Å². The maximum Gasteiger partial charge on any atom is 0.141 e. The summed E-state index contributed by atoms with van der Waals surface area (Å²) < 4.78 is 0. The van der Waals surface area contributed by atoms with Crippen molar-refractivity contribution in [3.05, 3.63) is 84.7 Å². The second kappa shape index (κ2) is 8.14. The molecule has 0 spiro atoms. The van der Waals surface area contributed by atoms with Crippen LogP contribution in [-0.4, -0.2) is 42.3 Å². The van der Waals surface area contributed by atoms with E-state index in [0.29, 0.717) is 0 Å². The number of pyridine rings is 1. The molecule has 1 fully saturated rings. The predicted octanol–water partition coefficient (Wildman–Crippen LogP) is 3.81. The summed E-state index contributed by atoms with van der Waals surface area (Å²) in [5, 5.41) is 0. The molecule has 1 aliphatic rings. The first-order valence-corrected chi connectivity index (χ1v) is 9.35. The number of piperazine rings is 1. The van der Waals surface area contributed by atoms with Crippen LogP contribution in [0.1, 0.15) is 11.6 Å². The standard InChI is InChI=1S/C23H23N3O/c27-18-23(21-8-6-20(7-9-21)19-4-2-1-3-5-19)26-16-14-25(15-17-26)22-10-12-24-13-11-22/h1-13,18,23H,14-17H2. The third-order valence-corrected chi connectivity index (χ3v) is 5.22. The quantitative estimate of drug-likeness (QED) is 0.651. The van der Waals surface area contributed by atoms with Gasteiger partial charge in [0, 0.05) is 44.3 Å². The molecule has 4 nitrogen and oxygen atoms in total. The van der Waals surface area contributed by atoms with Crippen molar-refractivity contribution in [3.63, 3.8) is 0 Å². The number of nitrogens with zero attached hydrogens (tertiary/aromatic N) is 3. The van der Waals surface area contributed by atoms with Gasteiger partial charge in [-0.15, -0.1) is 0 Å². The normalized spacial score (nSPS) is 16.1. The Balaban J connectivity index is 1.44. The average molecular weight is 357 g/mol. The summed E-state index contributed by atoms with van der Waals surface area (Å²) >= 11 is 0. The Labute approximate surface area is 160 Å². The summed E-state index contributed by atoms with van der Waals surface area (Å²) in [6.45, 7) is 3.56. The minimum absolute atomic E-state index is 0.186. The van der Waals surface area contributed by atoms with Crippen molar-refractivity contribution in [2.24, 2.45) is 0 Å². The van der Waals surface area contributed by atoms with Crippen LogP contribution < -0.4 is 4.90 Å². The topological polar surface area (TPSA) is 36.4 Å². The molecule has 3 aromatic rings. The second-order valence-electron chi connectivity index (χ2n) is 6.80. The summed E-state index contributed by atoms with van der Waals surface area (Å²) in [5.41, 5.74) is 4.62. The minimum atomic E-state index is -0.186. The van der Waals surface area contributed by atoms with Gasteiger partial charge in [0.05, 0.1) is 6.04 Å². The Hall–Kier alpha value is -2.98. The molecule has 0 bridgehead atoms. The van der Waals surface area contributed by atoms with Crippen molar-refractivity contribution in [1.82, 2.24) is 9.88 Å². The fourth-order valence-electron chi connectivity index (χ4n) is 3.69. The Bertz CT molecular complexity index is 857. The fourth-order valence-corrected chi connectivity index (χ4v) is 3.69. The maximum atomic E-state index is 11.8. The van der Waals surface area contributed by atoms with E-state index in [2.05, 4.69) is 51.2 Å². The van der Waals surface area contributed by atoms with E-state index >= 15 is 0 Å². The number of benzene rings is 2. The number of aldehydes is 1. The van der Waals surface area contributed by atoms with Gasteiger partial charge in [-0.05, 0) is 28.8 Å². The number of aromatic nitrogens is 1. The number of anilines is 1. The third-order valence-electron chi connectivity index (χ3n) is 5.22. The van der Waals surface area contributed by atoms with Crippen molar-refractivity contribution in [2.75, 3.05) is 31.1 Å². The molecule has 4 rings (SSSR count). The lowest BCUT2D eigenvalue weighted by Gasteiger charge is -2.38. The van der Waals surface area contributed by atoms with Crippen LogP contribution in [0.3, 0.4) is 0 Å². The Kier molecular flexibility index (Phi) is 5.26. The number of carbonyl (C=O) groups is 1. The first kappa shape index (κ1) is 17.4. The summed E-state index contributed by atoms with van der Waals surface area (Å²) in [4.78, 5) is 20.5. The molecule has 0 amide bonds. The lowest BCUT2D eigenvalue weighted by Crippen LogP contribution is -2.48. The Morgan fingerprint density at radius 1 is 0.778 bits per heavy atom. The molecule has 2 aromatic carbocycles. The van der Waals surface area contributed by atoms with E-state index in [1.165, 1.54) is 16.8 Å². The van der Waals surface area contributed by atoms with Crippen LogP contribution in [0.4, 0.5) is 5.69 Å². The summed E-state index contributed by atoms with van der Waals surface area (Å²) in [7, 11) is 0. The van der Waals surface area contributed by atoms with E-state index in [1.54, 1.807) is 0 Å². The molecule has 0 radical (unpaired) electrons. The average Bonchev–Trinajstić information content (AvgIpc) is 2.76. The van der Waals surface area contributed by atoms with Crippen LogP contribution in [0.15, 0.2) is 79.1 Å². The molecule has 1 atom stereocenters. The molecular formula is C23H23N3O. The fraction of sp³-hybridized carbons (Fsp3) is 0.217. The highest BCUT2D eigenvalue weighted by Crippen LogP contribution is 2.25. The molecule has 1 unspecified atom stereocenters. The first-order chi connectivity index (χ1) is 13.3. The molecule has 136 valence electrons. The largest absolute Gasteiger partial charge is 0.369 e. The molecule has 1 aliphatic heterocycles. The van der Waals surface area contributed by atoms with Gasteiger partial charge in [-0.1, -0.05) is 54.6 Å². The zero-order valence-electron chi connectivity index (χ0n) is 15.2. The summed E-state index contributed by atoms with van der Waals surface area (Å²) in [6, 6.07) is 22.6. The van der Waals surface area contributed by atoms with E-state index in [1.807, 2.05) is 42.7 Å². The molecule has 0 N–H and O–H groups in total. The lowest BCUT2D eigenvalue weighted by molar-refractivity contribution is -0.112. The second-order valence-corrected chi connectivity index (χ2v) is 6.80. The number of carbonyl (C=O) groups excluding carboxylic acids is 1. The zero-order chi connectivity index (χ0) is 18.5. The first-order valence-electron chi connectivity index (χ1n) is 9.35. The highest BCUT2D eigenvalue weighted by Gasteiger charge is 2.24. The van der Waals surface area contributed by atoms with Crippen LogP contribution in [-0.2, 0) is 4.79 Å². The molecule has 2 heterocycles. The van der Waals surface area contributed by atoms with Crippen LogP contribution >= 0.6 is 0 Å². The molecule has 0 aliphatic carbocycles. The van der Waals surface area contributed by atoms with Crippen molar-refractivity contribution in [2.45, 2.75) is 6.04 Å². The van der Waals surface area contributed by atoms with Crippen molar-refractivity contribution in [1.29, 1.82) is 0 Å². The number of hydrogen-bond acceptors (Lipinski definition) is 4. The van der Waals surface area contributed by atoms with Gasteiger partial charge in [-0.25, -0.2) is 0 Å². The molecule has 1 saturated heterocycles. The van der Waals surface area contributed by atoms with Gasteiger partial charge in [0.2, 0.25) is 0 Å². The highest BCUT2D eigenvalue weighted by molar-refractivity contribution is 5.66. The van der Waals surface area contributed by atoms with Crippen LogP contribution in [0.2, 0.25) is 0 Å². The van der Waals surface area contributed by atoms with E-state index in [-0.39, 0.29) is 6.04 Å². The van der Waals surface area contributed by atoms with Gasteiger partial charge in [-0.2, -0.15) is 0 Å². The van der Waals surface area contributed by atoms with Gasteiger partial charge in [0.25, 0.3) is 0 Å². The Morgan fingerprint density at radius 3 is 2.04 bits per heavy atom. The van der Waals surface area contributed by atoms with Crippen LogP contribution in [0, 0.1) is 0 Å². The summed E-state index contributed by atoms with van der Waals surface area (Å²) in [6.07, 6.45) is 4.72. The number of rotatable bonds is 5. The highest BCUT2D eigenvalue weighted by atomic mass is 16.1. The summed E-state index contributed by atoms with van der Waals surface area (Å²) in [5.74, 6) is 0. The van der Waals surface area contributed by atoms with Gasteiger partial charge in [-0.3, -0.25) is 9.88 Å². The van der Waals surface area contributed by atoms with Crippen molar-refractivity contribution >= 4 is 12.0 Å². The van der Waals surface area contributed by atoms with Crippen LogP contribution in [0.25, 0.3) is 11.1 Å². The molecule has 1 aromatic heterocycles. The predicted molar refractivity (Wildman–Crippen MR) is 109 cm³/mol. The van der Waals surface area contributed by atoms with E-state index in [0.717, 1.165) is 38.0 Å². The van der Waals surface area contributed by atoms with Gasteiger partial charge < -0.3 is 9.69 Å². The SMILES string of the molecule is O=CC(c1ccc(-c2ccccc2)cc1)N1CCN(c2ccncc2)CC1. The Morgan fingerprint density at radius 2 is 1.41 bits per heavy atom. The third kappa shape index (κ3) is 3.91. The zero-order valence-corrected chi connectivity index (χ0v) is 15.2. The maximum absolute atomic E-state index is 11.8. The molecular weight excluding hydrogens is 334 g/mol. The number of hydrogen-bond donors (Lipinski definition) is 0. The minimum Gasteiger partial charge on any atom is -0.369 e. The van der Waals surface area contributed by atoms with Crippen LogP contribution in [0.5, 0.6) is 0 Å². The smallest absolute Gasteiger partial charge is 0.141 e. The molecule has 27 heavy (non-hydrogen) atoms.